The van der Waals surface area contributed by atoms with Crippen LogP contribution in [0.5, 0.6) is 0 Å². The van der Waals surface area contributed by atoms with Crippen LogP contribution in [0.1, 0.15) is 187 Å². The number of unbranched alkanes of at least 4 members (excludes halogenated alkanes) is 23. The van der Waals surface area contributed by atoms with Crippen LogP contribution < -0.4 is 5.32 Å². The molecule has 2 N–H and O–H groups in total. The lowest BCUT2D eigenvalue weighted by Crippen LogP contribution is -2.42. The van der Waals surface area contributed by atoms with Gasteiger partial charge in [-0.25, -0.2) is 4.79 Å². The Morgan fingerprint density at radius 1 is 0.550 bits per heavy atom. The molecule has 40 heavy (non-hydrogen) atoms. The number of hydrogen-bond acceptors (Lipinski definition) is 4. The van der Waals surface area contributed by atoms with E-state index in [2.05, 4.69) is 19.2 Å². The van der Waals surface area contributed by atoms with Crippen molar-refractivity contribution in [3.63, 3.8) is 0 Å². The van der Waals surface area contributed by atoms with Gasteiger partial charge >= 0.3 is 11.9 Å². The Bertz CT molecular complexity index is 595. The summed E-state index contributed by atoms with van der Waals surface area (Å²) in [6.07, 6.45) is 31.0. The number of ether oxygens (including phenoxy) is 1. The van der Waals surface area contributed by atoms with Gasteiger partial charge < -0.3 is 15.2 Å². The van der Waals surface area contributed by atoms with E-state index in [0.717, 1.165) is 38.5 Å². The molecule has 0 aromatic carbocycles. The van der Waals surface area contributed by atoms with Crippen LogP contribution >= 0.6 is 0 Å². The summed E-state index contributed by atoms with van der Waals surface area (Å²) < 4.78 is 5.23. The van der Waals surface area contributed by atoms with Crippen LogP contribution in [0.4, 0.5) is 0 Å². The van der Waals surface area contributed by atoms with E-state index in [9.17, 15) is 19.5 Å². The van der Waals surface area contributed by atoms with Crippen molar-refractivity contribution >= 4 is 17.8 Å². The monoisotopic (exact) mass is 567 g/mol. The Kier molecular flexibility index (Phi) is 29.2. The van der Waals surface area contributed by atoms with Gasteiger partial charge in [-0.3, -0.25) is 9.59 Å². The predicted molar refractivity (Wildman–Crippen MR) is 167 cm³/mol. The Morgan fingerprint density at radius 3 is 1.27 bits per heavy atom. The fourth-order valence-corrected chi connectivity index (χ4v) is 5.12. The summed E-state index contributed by atoms with van der Waals surface area (Å²) in [5.41, 5.74) is 0. The van der Waals surface area contributed by atoms with Crippen LogP contribution in [0.15, 0.2) is 0 Å². The number of hydrogen-bond donors (Lipinski definition) is 2. The molecule has 0 heterocycles. The highest BCUT2D eigenvalue weighted by Crippen LogP contribution is 2.14. The third-order valence-corrected chi connectivity index (χ3v) is 7.77. The van der Waals surface area contributed by atoms with Crippen LogP contribution in [-0.2, 0) is 19.1 Å². The van der Waals surface area contributed by atoms with E-state index < -0.39 is 18.0 Å². The van der Waals surface area contributed by atoms with Gasteiger partial charge in [0.1, 0.15) is 6.04 Å². The van der Waals surface area contributed by atoms with Crippen molar-refractivity contribution in [1.82, 2.24) is 5.32 Å². The van der Waals surface area contributed by atoms with Crippen LogP contribution in [0, 0.1) is 0 Å². The van der Waals surface area contributed by atoms with Crippen molar-refractivity contribution in [2.24, 2.45) is 0 Å². The largest absolute Gasteiger partial charge is 0.480 e. The molecule has 0 radical (unpaired) electrons. The van der Waals surface area contributed by atoms with Gasteiger partial charge in [0.2, 0.25) is 5.91 Å². The Labute approximate surface area is 247 Å². The quantitative estimate of drug-likeness (QED) is 0.0642. The SMILES string of the molecule is CCCCCCCCCCCCCCCCCCOC(=O)C[C@H](NC(=O)CCCCCCCCCCC)C(=O)O. The average Bonchev–Trinajstić information content (AvgIpc) is 2.93. The number of esters is 1. The first kappa shape index (κ1) is 38.4. The normalized spacial score (nSPS) is 11.8. The van der Waals surface area contributed by atoms with Gasteiger partial charge in [0.15, 0.2) is 0 Å². The van der Waals surface area contributed by atoms with Gasteiger partial charge in [0.25, 0.3) is 0 Å². The van der Waals surface area contributed by atoms with Crippen molar-refractivity contribution in [1.29, 1.82) is 0 Å². The Hall–Kier alpha value is -1.59. The molecule has 6 nitrogen and oxygen atoms in total. The van der Waals surface area contributed by atoms with Crippen LogP contribution in [0.3, 0.4) is 0 Å². The van der Waals surface area contributed by atoms with Gasteiger partial charge in [-0.2, -0.15) is 0 Å². The van der Waals surface area contributed by atoms with E-state index in [1.54, 1.807) is 0 Å². The minimum absolute atomic E-state index is 0.299. The molecule has 6 heteroatoms. The van der Waals surface area contributed by atoms with Gasteiger partial charge in [-0.1, -0.05) is 162 Å². The number of carboxylic acids is 1. The number of nitrogens with one attached hydrogen (secondary N) is 1. The summed E-state index contributed by atoms with van der Waals surface area (Å²) in [6, 6.07) is -1.22. The van der Waals surface area contributed by atoms with Crippen molar-refractivity contribution in [2.75, 3.05) is 6.61 Å². The lowest BCUT2D eigenvalue weighted by molar-refractivity contribution is -0.150. The molecule has 0 saturated heterocycles. The third kappa shape index (κ3) is 28.0. The zero-order chi connectivity index (χ0) is 29.5. The summed E-state index contributed by atoms with van der Waals surface area (Å²) in [5, 5.41) is 11.9. The van der Waals surface area contributed by atoms with Gasteiger partial charge in [0.05, 0.1) is 13.0 Å². The number of carbonyl (C=O) groups excluding carboxylic acids is 2. The Morgan fingerprint density at radius 2 is 0.900 bits per heavy atom. The molecule has 0 saturated carbocycles. The van der Waals surface area contributed by atoms with Crippen molar-refractivity contribution in [3.05, 3.63) is 0 Å². The molecule has 0 aliphatic heterocycles. The van der Waals surface area contributed by atoms with Gasteiger partial charge in [0, 0.05) is 6.42 Å². The highest BCUT2D eigenvalue weighted by atomic mass is 16.5. The molecule has 0 bridgehead atoms. The van der Waals surface area contributed by atoms with Gasteiger partial charge in [-0.15, -0.1) is 0 Å². The molecule has 0 rings (SSSR count). The number of aliphatic carboxylic acids is 1. The standard InChI is InChI=1S/C34H65NO5/c1-3-5-7-9-11-13-14-15-16-17-18-19-21-23-25-27-29-40-33(37)30-31(34(38)39)35-32(36)28-26-24-22-20-12-10-8-6-4-2/h31H,3-30H2,1-2H3,(H,35,36)(H,38,39)/t31-/m0/s1. The predicted octanol–water partition coefficient (Wildman–Crippen LogP) is 9.67. The number of rotatable bonds is 31. The second-order valence-electron chi connectivity index (χ2n) is 11.8. The van der Waals surface area contributed by atoms with E-state index in [-0.39, 0.29) is 12.3 Å². The first-order valence-corrected chi connectivity index (χ1v) is 17.2. The van der Waals surface area contributed by atoms with E-state index in [1.165, 1.54) is 122 Å². The minimum Gasteiger partial charge on any atom is -0.480 e. The molecule has 0 aromatic heterocycles. The molecule has 0 spiro atoms. The van der Waals surface area contributed by atoms with Gasteiger partial charge in [-0.05, 0) is 12.8 Å². The maximum absolute atomic E-state index is 12.1. The topological polar surface area (TPSA) is 92.7 Å². The van der Waals surface area contributed by atoms with Crippen molar-refractivity contribution in [2.45, 2.75) is 193 Å². The maximum Gasteiger partial charge on any atom is 0.326 e. The molecule has 0 aliphatic carbocycles. The highest BCUT2D eigenvalue weighted by Gasteiger charge is 2.23. The molecule has 0 aromatic rings. The summed E-state index contributed by atoms with van der Waals surface area (Å²) >= 11 is 0. The lowest BCUT2D eigenvalue weighted by Gasteiger charge is -2.14. The molecule has 0 aliphatic rings. The van der Waals surface area contributed by atoms with E-state index in [4.69, 9.17) is 4.74 Å². The summed E-state index contributed by atoms with van der Waals surface area (Å²) in [4.78, 5) is 35.7. The molecule has 1 amide bonds. The lowest BCUT2D eigenvalue weighted by atomic mass is 10.0. The zero-order valence-electron chi connectivity index (χ0n) is 26.5. The van der Waals surface area contributed by atoms with Crippen molar-refractivity contribution < 1.29 is 24.2 Å². The number of carboxylic acid groups (broad SMARTS) is 1. The summed E-state index contributed by atoms with van der Waals surface area (Å²) in [5.74, 6) is -2.06. The molecule has 236 valence electrons. The van der Waals surface area contributed by atoms with Crippen LogP contribution in [0.25, 0.3) is 0 Å². The van der Waals surface area contributed by atoms with Crippen molar-refractivity contribution in [3.8, 4) is 0 Å². The number of carbonyl (C=O) groups is 3. The first-order valence-electron chi connectivity index (χ1n) is 17.2. The second kappa shape index (κ2) is 30.4. The fourth-order valence-electron chi connectivity index (χ4n) is 5.12. The minimum atomic E-state index is -1.22. The molecule has 0 fully saturated rings. The van der Waals surface area contributed by atoms with E-state index in [1.807, 2.05) is 0 Å². The van der Waals surface area contributed by atoms with E-state index in [0.29, 0.717) is 13.0 Å². The molecular weight excluding hydrogens is 502 g/mol. The summed E-state index contributed by atoms with van der Waals surface area (Å²) in [6.45, 7) is 4.79. The van der Waals surface area contributed by atoms with Crippen LogP contribution in [0.2, 0.25) is 0 Å². The Balaban J connectivity index is 3.63. The number of amides is 1. The zero-order valence-corrected chi connectivity index (χ0v) is 26.5. The average molecular weight is 568 g/mol. The molecule has 0 unspecified atom stereocenters. The smallest absolute Gasteiger partial charge is 0.326 e. The highest BCUT2D eigenvalue weighted by molar-refractivity contribution is 5.87. The molecular formula is C34H65NO5. The second-order valence-corrected chi connectivity index (χ2v) is 11.8. The van der Waals surface area contributed by atoms with E-state index >= 15 is 0 Å². The third-order valence-electron chi connectivity index (χ3n) is 7.77. The molecule has 1 atom stereocenters. The first-order chi connectivity index (χ1) is 19.5. The summed E-state index contributed by atoms with van der Waals surface area (Å²) in [7, 11) is 0. The van der Waals surface area contributed by atoms with Crippen LogP contribution in [-0.4, -0.2) is 35.6 Å². The maximum atomic E-state index is 12.1. The fraction of sp³-hybridized carbons (Fsp3) is 0.912.